The van der Waals surface area contributed by atoms with E-state index in [0.29, 0.717) is 6.04 Å². The maximum absolute atomic E-state index is 3.57. The predicted octanol–water partition coefficient (Wildman–Crippen LogP) is 3.44. The molecule has 2 heterocycles. The van der Waals surface area contributed by atoms with Gasteiger partial charge in [0.1, 0.15) is 0 Å². The van der Waals surface area contributed by atoms with Crippen molar-refractivity contribution in [3.8, 4) is 0 Å². The maximum Gasteiger partial charge on any atom is 0.0566 e. The molecule has 1 aromatic heterocycles. The molecule has 0 aliphatic carbocycles. The van der Waals surface area contributed by atoms with Crippen molar-refractivity contribution in [2.45, 2.75) is 32.7 Å². The van der Waals surface area contributed by atoms with Gasteiger partial charge in [0.2, 0.25) is 0 Å². The molecule has 1 aromatic rings. The average molecular weight is 264 g/mol. The summed E-state index contributed by atoms with van der Waals surface area (Å²) in [6, 6.07) is 5.01. The zero-order chi connectivity index (χ0) is 12.8. The Morgan fingerprint density at radius 3 is 2.83 bits per heavy atom. The molecule has 1 fully saturated rings. The van der Waals surface area contributed by atoms with Crippen LogP contribution in [0.25, 0.3) is 0 Å². The summed E-state index contributed by atoms with van der Waals surface area (Å²) in [4.78, 5) is 4.13. The van der Waals surface area contributed by atoms with Gasteiger partial charge in [-0.25, -0.2) is 0 Å². The highest BCUT2D eigenvalue weighted by Crippen LogP contribution is 2.27. The van der Waals surface area contributed by atoms with Crippen LogP contribution in [0.5, 0.6) is 0 Å². The van der Waals surface area contributed by atoms with Gasteiger partial charge in [0.15, 0.2) is 0 Å². The van der Waals surface area contributed by atoms with Crippen molar-refractivity contribution in [2.24, 2.45) is 0 Å². The van der Waals surface area contributed by atoms with Crippen LogP contribution in [0.1, 0.15) is 37.6 Å². The van der Waals surface area contributed by atoms with Gasteiger partial charge in [-0.1, -0.05) is 17.7 Å². The van der Waals surface area contributed by atoms with Crippen molar-refractivity contribution in [1.82, 2.24) is 10.2 Å². The molecule has 18 heavy (non-hydrogen) atoms. The zero-order valence-electron chi connectivity index (χ0n) is 11.5. The van der Waals surface area contributed by atoms with E-state index in [1.54, 1.807) is 0 Å². The largest absolute Gasteiger partial charge is 0.311 e. The molecule has 0 amide bonds. The van der Waals surface area contributed by atoms with Crippen molar-refractivity contribution >= 4 is 11.3 Å². The molecule has 1 atom stereocenters. The molecule has 1 N–H and O–H groups in total. The lowest BCUT2D eigenvalue weighted by atomic mass is 10.2. The second-order valence-corrected chi connectivity index (χ2v) is 6.19. The third-order valence-electron chi connectivity index (χ3n) is 3.45. The fraction of sp³-hybridized carbons (Fsp3) is 0.600. The van der Waals surface area contributed by atoms with Gasteiger partial charge in [0.25, 0.3) is 0 Å². The van der Waals surface area contributed by atoms with Crippen LogP contribution in [0.2, 0.25) is 0 Å². The molecule has 3 heteroatoms. The molecule has 1 aliphatic rings. The van der Waals surface area contributed by atoms with E-state index >= 15 is 0 Å². The van der Waals surface area contributed by atoms with E-state index in [4.69, 9.17) is 0 Å². The van der Waals surface area contributed by atoms with Crippen molar-refractivity contribution in [1.29, 1.82) is 0 Å². The number of thiophene rings is 1. The minimum Gasteiger partial charge on any atom is -0.311 e. The molecular formula is C15H24N2S. The van der Waals surface area contributed by atoms with Crippen LogP contribution in [-0.2, 0) is 0 Å². The van der Waals surface area contributed by atoms with Gasteiger partial charge in [-0.3, -0.25) is 4.90 Å². The average Bonchev–Trinajstić information content (AvgIpc) is 3.01. The Morgan fingerprint density at radius 1 is 1.44 bits per heavy atom. The summed E-state index contributed by atoms with van der Waals surface area (Å²) in [5, 5.41) is 5.76. The Kier molecular flexibility index (Phi) is 5.42. The second-order valence-electron chi connectivity index (χ2n) is 5.21. The standard InChI is InChI=1S/C15H24N2S/c1-13(2)7-8-16-12-14(15-6-5-11-18-15)17-9-3-4-10-17/h5-7,11,14,16H,3-4,8-10,12H2,1-2H3. The summed E-state index contributed by atoms with van der Waals surface area (Å²) < 4.78 is 0. The highest BCUT2D eigenvalue weighted by molar-refractivity contribution is 7.10. The van der Waals surface area contributed by atoms with Crippen LogP contribution in [0, 0.1) is 0 Å². The highest BCUT2D eigenvalue weighted by Gasteiger charge is 2.23. The molecule has 2 rings (SSSR count). The van der Waals surface area contributed by atoms with E-state index in [9.17, 15) is 0 Å². The molecule has 0 spiro atoms. The third-order valence-corrected chi connectivity index (χ3v) is 4.42. The van der Waals surface area contributed by atoms with Crippen LogP contribution in [0.4, 0.5) is 0 Å². The smallest absolute Gasteiger partial charge is 0.0566 e. The van der Waals surface area contributed by atoms with E-state index < -0.39 is 0 Å². The normalized spacial score (nSPS) is 17.9. The van der Waals surface area contributed by atoms with E-state index in [1.807, 2.05) is 11.3 Å². The zero-order valence-corrected chi connectivity index (χ0v) is 12.3. The van der Waals surface area contributed by atoms with E-state index in [1.165, 1.54) is 36.4 Å². The number of nitrogens with zero attached hydrogens (tertiary/aromatic N) is 1. The van der Waals surface area contributed by atoms with Gasteiger partial charge in [0.05, 0.1) is 6.04 Å². The highest BCUT2D eigenvalue weighted by atomic mass is 32.1. The summed E-state index contributed by atoms with van der Waals surface area (Å²) in [5.41, 5.74) is 1.39. The lowest BCUT2D eigenvalue weighted by Gasteiger charge is -2.26. The summed E-state index contributed by atoms with van der Waals surface area (Å²) in [6.45, 7) is 8.86. The van der Waals surface area contributed by atoms with Crippen LogP contribution < -0.4 is 5.32 Å². The molecule has 100 valence electrons. The molecule has 0 bridgehead atoms. The molecule has 0 saturated carbocycles. The minimum absolute atomic E-state index is 0.568. The number of rotatable bonds is 6. The van der Waals surface area contributed by atoms with Crippen molar-refractivity contribution in [3.05, 3.63) is 34.0 Å². The van der Waals surface area contributed by atoms with Crippen LogP contribution in [0.15, 0.2) is 29.2 Å². The summed E-state index contributed by atoms with van der Waals surface area (Å²) in [5.74, 6) is 0. The monoisotopic (exact) mass is 264 g/mol. The number of hydrogen-bond acceptors (Lipinski definition) is 3. The van der Waals surface area contributed by atoms with Gasteiger partial charge < -0.3 is 5.32 Å². The van der Waals surface area contributed by atoms with Crippen LogP contribution in [-0.4, -0.2) is 31.1 Å². The lowest BCUT2D eigenvalue weighted by molar-refractivity contribution is 0.244. The summed E-state index contributed by atoms with van der Waals surface area (Å²) in [6.07, 6.45) is 4.97. The first kappa shape index (κ1) is 13.8. The van der Waals surface area contributed by atoms with E-state index in [-0.39, 0.29) is 0 Å². The predicted molar refractivity (Wildman–Crippen MR) is 80.2 cm³/mol. The number of allylic oxidation sites excluding steroid dienone is 1. The first-order chi connectivity index (χ1) is 8.77. The van der Waals surface area contributed by atoms with E-state index in [0.717, 1.165) is 13.1 Å². The quantitative estimate of drug-likeness (QED) is 0.625. The Labute approximate surface area is 115 Å². The Morgan fingerprint density at radius 2 is 2.22 bits per heavy atom. The molecule has 0 radical (unpaired) electrons. The number of hydrogen-bond donors (Lipinski definition) is 1. The number of likely N-dealkylation sites (tertiary alicyclic amines) is 1. The fourth-order valence-electron chi connectivity index (χ4n) is 2.44. The Bertz CT molecular complexity index is 360. The van der Waals surface area contributed by atoms with Crippen molar-refractivity contribution < 1.29 is 0 Å². The lowest BCUT2D eigenvalue weighted by Crippen LogP contribution is -2.33. The number of nitrogens with one attached hydrogen (secondary N) is 1. The fourth-order valence-corrected chi connectivity index (χ4v) is 3.30. The summed E-state index contributed by atoms with van der Waals surface area (Å²) >= 11 is 1.89. The van der Waals surface area contributed by atoms with Gasteiger partial charge in [-0.15, -0.1) is 11.3 Å². The van der Waals surface area contributed by atoms with Gasteiger partial charge in [-0.05, 0) is 51.2 Å². The first-order valence-electron chi connectivity index (χ1n) is 6.89. The van der Waals surface area contributed by atoms with Gasteiger partial charge in [0, 0.05) is 18.0 Å². The summed E-state index contributed by atoms with van der Waals surface area (Å²) in [7, 11) is 0. The van der Waals surface area contributed by atoms with E-state index in [2.05, 4.69) is 47.7 Å². The molecule has 2 nitrogen and oxygen atoms in total. The SMILES string of the molecule is CC(C)=CCNCC(c1cccs1)N1CCCC1. The first-order valence-corrected chi connectivity index (χ1v) is 7.77. The molecule has 0 aromatic carbocycles. The Balaban J connectivity index is 1.90. The molecule has 1 saturated heterocycles. The molecule has 1 aliphatic heterocycles. The topological polar surface area (TPSA) is 15.3 Å². The minimum atomic E-state index is 0.568. The maximum atomic E-state index is 3.57. The van der Waals surface area contributed by atoms with Gasteiger partial charge >= 0.3 is 0 Å². The van der Waals surface area contributed by atoms with Crippen molar-refractivity contribution in [2.75, 3.05) is 26.2 Å². The molecule has 1 unspecified atom stereocenters. The van der Waals surface area contributed by atoms with Gasteiger partial charge in [-0.2, -0.15) is 0 Å². The van der Waals surface area contributed by atoms with Crippen molar-refractivity contribution in [3.63, 3.8) is 0 Å². The molecular weight excluding hydrogens is 240 g/mol. The second kappa shape index (κ2) is 7.07. The Hall–Kier alpha value is -0.640. The van der Waals surface area contributed by atoms with Crippen LogP contribution >= 0.6 is 11.3 Å². The third kappa shape index (κ3) is 3.94. The van der Waals surface area contributed by atoms with Crippen LogP contribution in [0.3, 0.4) is 0 Å².